The molecule has 0 saturated heterocycles. The fourth-order valence-electron chi connectivity index (χ4n) is 2.60. The molecule has 1 aromatic rings. The molecule has 0 aromatic heterocycles. The molecule has 0 bridgehead atoms. The van der Waals surface area contributed by atoms with Crippen LogP contribution in [-0.4, -0.2) is 9.85 Å². The Morgan fingerprint density at radius 3 is 2.42 bits per heavy atom. The third-order valence-electron chi connectivity index (χ3n) is 4.18. The minimum atomic E-state index is -0.654. The smallest absolute Gasteiger partial charge is 0.293 e. The van der Waals surface area contributed by atoms with Crippen LogP contribution in [0.15, 0.2) is 34.9 Å². The molecule has 8 heteroatoms. The number of rotatable bonds is 5. The average molecular weight is 352 g/mol. The maximum Gasteiger partial charge on any atom is 0.293 e. The average Bonchev–Trinajstić information content (AvgIpc) is 2.52. The third-order valence-corrected chi connectivity index (χ3v) is 5.00. The Bertz CT molecular complexity index is 682. The van der Waals surface area contributed by atoms with Crippen molar-refractivity contribution in [3.05, 3.63) is 50.3 Å². The number of nitro groups is 2. The number of nitrogens with zero attached hydrogens (tertiary/aromatic N) is 2. The van der Waals surface area contributed by atoms with Gasteiger partial charge in [0.15, 0.2) is 0 Å². The standard InChI is InChI=1S/C16H20N2O5S/c1-16(2,3)11-4-7-13(8-5-11)23-24-15-9-6-12(17(19)20)10-14(15)18(21)22/h6-7,9-11H,4-5,8H2,1-3H3/t11-/m1/s1. The second-order valence-corrected chi connectivity index (χ2v) is 7.61. The summed E-state index contributed by atoms with van der Waals surface area (Å²) in [5, 5.41) is 21.8. The molecule has 0 spiro atoms. The van der Waals surface area contributed by atoms with Crippen LogP contribution in [0.25, 0.3) is 0 Å². The molecule has 0 N–H and O–H groups in total. The molecular weight excluding hydrogens is 332 g/mol. The van der Waals surface area contributed by atoms with Crippen molar-refractivity contribution < 1.29 is 14.0 Å². The molecule has 0 amide bonds. The highest BCUT2D eigenvalue weighted by atomic mass is 32.2. The number of benzene rings is 1. The van der Waals surface area contributed by atoms with Gasteiger partial charge in [-0.1, -0.05) is 20.8 Å². The molecule has 0 fully saturated rings. The van der Waals surface area contributed by atoms with E-state index in [1.807, 2.05) is 6.08 Å². The lowest BCUT2D eigenvalue weighted by Crippen LogP contribution is -2.22. The maximum absolute atomic E-state index is 11.1. The highest BCUT2D eigenvalue weighted by Gasteiger charge is 2.27. The predicted molar refractivity (Wildman–Crippen MR) is 91.6 cm³/mol. The minimum Gasteiger partial charge on any atom is -0.425 e. The molecule has 1 atom stereocenters. The van der Waals surface area contributed by atoms with Gasteiger partial charge >= 0.3 is 0 Å². The highest BCUT2D eigenvalue weighted by Crippen LogP contribution is 2.40. The molecule has 0 heterocycles. The second kappa shape index (κ2) is 7.21. The molecule has 130 valence electrons. The SMILES string of the molecule is CC(C)(C)[C@@H]1CC=C(OSc2ccc([N+](=O)[O-])cc2[N+](=O)[O-])CC1. The van der Waals surface area contributed by atoms with Gasteiger partial charge in [0, 0.05) is 12.5 Å². The van der Waals surface area contributed by atoms with Crippen LogP contribution < -0.4 is 0 Å². The summed E-state index contributed by atoms with van der Waals surface area (Å²) in [5.74, 6) is 1.39. The minimum absolute atomic E-state index is 0.242. The Morgan fingerprint density at radius 1 is 1.21 bits per heavy atom. The zero-order valence-corrected chi connectivity index (χ0v) is 14.7. The highest BCUT2D eigenvalue weighted by molar-refractivity contribution is 7.95. The molecule has 0 saturated carbocycles. The van der Waals surface area contributed by atoms with Crippen molar-refractivity contribution in [1.82, 2.24) is 0 Å². The van der Waals surface area contributed by atoms with E-state index in [0.717, 1.165) is 43.1 Å². The van der Waals surface area contributed by atoms with Crippen LogP contribution in [0.4, 0.5) is 11.4 Å². The van der Waals surface area contributed by atoms with Crippen LogP contribution >= 0.6 is 12.0 Å². The van der Waals surface area contributed by atoms with Gasteiger partial charge in [-0.15, -0.1) is 0 Å². The molecule has 0 aliphatic heterocycles. The number of hydrogen-bond acceptors (Lipinski definition) is 6. The molecule has 1 aliphatic carbocycles. The Labute approximate surface area is 144 Å². The van der Waals surface area contributed by atoms with Crippen LogP contribution in [0.1, 0.15) is 40.0 Å². The van der Waals surface area contributed by atoms with Gasteiger partial charge in [-0.25, -0.2) is 0 Å². The van der Waals surface area contributed by atoms with Crippen LogP contribution in [0.2, 0.25) is 0 Å². The molecular formula is C16H20N2O5S. The topological polar surface area (TPSA) is 95.5 Å². The Hall–Kier alpha value is -2.09. The van der Waals surface area contributed by atoms with Gasteiger partial charge in [0.05, 0.1) is 28.0 Å². The van der Waals surface area contributed by atoms with Crippen molar-refractivity contribution in [2.75, 3.05) is 0 Å². The second-order valence-electron chi connectivity index (χ2n) is 6.84. The first kappa shape index (κ1) is 18.3. The van der Waals surface area contributed by atoms with Crippen molar-refractivity contribution in [2.24, 2.45) is 11.3 Å². The van der Waals surface area contributed by atoms with E-state index in [0.29, 0.717) is 5.92 Å². The zero-order valence-electron chi connectivity index (χ0n) is 13.9. The van der Waals surface area contributed by atoms with Crippen molar-refractivity contribution >= 4 is 23.4 Å². The number of allylic oxidation sites excluding steroid dienone is 2. The lowest BCUT2D eigenvalue weighted by atomic mass is 9.74. The Kier molecular flexibility index (Phi) is 5.48. The molecule has 0 radical (unpaired) electrons. The van der Waals surface area contributed by atoms with E-state index in [9.17, 15) is 20.2 Å². The molecule has 1 aromatic carbocycles. The first-order valence-electron chi connectivity index (χ1n) is 7.65. The summed E-state index contributed by atoms with van der Waals surface area (Å²) in [4.78, 5) is 20.8. The van der Waals surface area contributed by atoms with Crippen LogP contribution in [0, 0.1) is 31.6 Å². The Balaban J connectivity index is 2.06. The van der Waals surface area contributed by atoms with Crippen LogP contribution in [0.3, 0.4) is 0 Å². The number of non-ortho nitro benzene ring substituents is 1. The summed E-state index contributed by atoms with van der Waals surface area (Å²) in [6.07, 6.45) is 4.75. The molecule has 7 nitrogen and oxygen atoms in total. The lowest BCUT2D eigenvalue weighted by Gasteiger charge is -2.32. The molecule has 2 rings (SSSR count). The summed E-state index contributed by atoms with van der Waals surface area (Å²) < 4.78 is 5.62. The fourth-order valence-corrected chi connectivity index (χ4v) is 3.29. The van der Waals surface area contributed by atoms with Gasteiger partial charge in [0.25, 0.3) is 11.4 Å². The zero-order chi connectivity index (χ0) is 17.9. The van der Waals surface area contributed by atoms with Crippen molar-refractivity contribution in [3.8, 4) is 0 Å². The third kappa shape index (κ3) is 4.47. The van der Waals surface area contributed by atoms with E-state index in [4.69, 9.17) is 4.18 Å². The molecule has 24 heavy (non-hydrogen) atoms. The number of nitro benzene ring substituents is 2. The lowest BCUT2D eigenvalue weighted by molar-refractivity contribution is -0.396. The fraction of sp³-hybridized carbons (Fsp3) is 0.500. The van der Waals surface area contributed by atoms with Crippen LogP contribution in [-0.2, 0) is 4.18 Å². The monoisotopic (exact) mass is 352 g/mol. The van der Waals surface area contributed by atoms with E-state index in [1.165, 1.54) is 12.1 Å². The van der Waals surface area contributed by atoms with Crippen molar-refractivity contribution in [2.45, 2.75) is 44.9 Å². The summed E-state index contributed by atoms with van der Waals surface area (Å²) in [7, 11) is 0. The van der Waals surface area contributed by atoms with Gasteiger partial charge in [-0.2, -0.15) is 0 Å². The van der Waals surface area contributed by atoms with Crippen molar-refractivity contribution in [3.63, 3.8) is 0 Å². The normalized spacial score (nSPS) is 18.0. The quantitative estimate of drug-likeness (QED) is 0.407. The number of hydrogen-bond donors (Lipinski definition) is 0. The van der Waals surface area contributed by atoms with E-state index < -0.39 is 9.85 Å². The van der Waals surface area contributed by atoms with E-state index in [-0.39, 0.29) is 21.7 Å². The van der Waals surface area contributed by atoms with E-state index in [1.54, 1.807) is 0 Å². The van der Waals surface area contributed by atoms with Gasteiger partial charge < -0.3 is 4.18 Å². The van der Waals surface area contributed by atoms with Crippen LogP contribution in [0.5, 0.6) is 0 Å². The first-order valence-corrected chi connectivity index (χ1v) is 8.39. The summed E-state index contributed by atoms with van der Waals surface area (Å²) in [6, 6.07) is 3.54. The van der Waals surface area contributed by atoms with Crippen molar-refractivity contribution in [1.29, 1.82) is 0 Å². The van der Waals surface area contributed by atoms with Gasteiger partial charge in [-0.05, 0) is 36.3 Å². The van der Waals surface area contributed by atoms with Gasteiger partial charge in [0.2, 0.25) is 0 Å². The largest absolute Gasteiger partial charge is 0.425 e. The van der Waals surface area contributed by atoms with E-state index >= 15 is 0 Å². The van der Waals surface area contributed by atoms with Gasteiger partial charge in [-0.3, -0.25) is 20.2 Å². The molecule has 1 aliphatic rings. The maximum atomic E-state index is 11.1. The predicted octanol–water partition coefficient (Wildman–Crippen LogP) is 5.26. The summed E-state index contributed by atoms with van der Waals surface area (Å²) in [6.45, 7) is 6.64. The summed E-state index contributed by atoms with van der Waals surface area (Å²) >= 11 is 0.878. The summed E-state index contributed by atoms with van der Waals surface area (Å²) in [5.41, 5.74) is -0.388. The van der Waals surface area contributed by atoms with Gasteiger partial charge in [0.1, 0.15) is 10.7 Å². The van der Waals surface area contributed by atoms with E-state index in [2.05, 4.69) is 20.8 Å². The first-order chi connectivity index (χ1) is 11.2. The molecule has 0 unspecified atom stereocenters. The Morgan fingerprint density at radius 2 is 1.92 bits per heavy atom.